The quantitative estimate of drug-likeness (QED) is 0.509. The van der Waals surface area contributed by atoms with E-state index < -0.39 is 0 Å². The second kappa shape index (κ2) is 6.48. The van der Waals surface area contributed by atoms with E-state index in [1.165, 1.54) is 0 Å². The minimum Gasteiger partial charge on any atom is -0.493 e. The molecule has 0 unspecified atom stereocenters. The highest BCUT2D eigenvalue weighted by molar-refractivity contribution is 5.79. The molecule has 26 heavy (non-hydrogen) atoms. The lowest BCUT2D eigenvalue weighted by atomic mass is 10.1. The topological polar surface area (TPSA) is 61.5 Å². The molecule has 4 rings (SSSR count). The average molecular weight is 346 g/mol. The van der Waals surface area contributed by atoms with Gasteiger partial charge >= 0.3 is 0 Å². The van der Waals surface area contributed by atoms with Crippen LogP contribution in [0.5, 0.6) is 17.4 Å². The van der Waals surface area contributed by atoms with E-state index in [2.05, 4.69) is 21.8 Å². The van der Waals surface area contributed by atoms with Gasteiger partial charge in [0.2, 0.25) is 5.65 Å². The van der Waals surface area contributed by atoms with Gasteiger partial charge in [0.15, 0.2) is 11.5 Å². The van der Waals surface area contributed by atoms with Crippen molar-refractivity contribution < 1.29 is 9.47 Å². The maximum absolute atomic E-state index is 6.08. The van der Waals surface area contributed by atoms with E-state index in [0.29, 0.717) is 23.0 Å². The van der Waals surface area contributed by atoms with Gasteiger partial charge in [0, 0.05) is 0 Å². The first-order chi connectivity index (χ1) is 12.7. The second-order valence-corrected chi connectivity index (χ2v) is 5.89. The van der Waals surface area contributed by atoms with Gasteiger partial charge < -0.3 is 9.47 Å². The number of allylic oxidation sites excluding steroid dienone is 1. The third-order valence-electron chi connectivity index (χ3n) is 4.18. The molecule has 0 saturated carbocycles. The van der Waals surface area contributed by atoms with Crippen LogP contribution in [0.1, 0.15) is 11.4 Å². The Kier molecular flexibility index (Phi) is 4.01. The van der Waals surface area contributed by atoms with E-state index in [1.54, 1.807) is 7.11 Å². The Labute approximate surface area is 150 Å². The molecule has 2 aromatic heterocycles. The number of aryl methyl sites for hydroxylation is 1. The van der Waals surface area contributed by atoms with Crippen molar-refractivity contribution in [1.29, 1.82) is 0 Å². The molecular formula is C20H18N4O2. The Morgan fingerprint density at radius 1 is 1.12 bits per heavy atom. The highest BCUT2D eigenvalue weighted by Crippen LogP contribution is 2.34. The molecule has 0 aliphatic heterocycles. The molecule has 0 N–H and O–H groups in total. The molecule has 130 valence electrons. The van der Waals surface area contributed by atoms with Crippen LogP contribution in [0.4, 0.5) is 0 Å². The number of para-hydroxylation sites is 2. The van der Waals surface area contributed by atoms with Crippen LogP contribution in [0.3, 0.4) is 0 Å². The normalized spacial score (nSPS) is 11.0. The monoisotopic (exact) mass is 346 g/mol. The van der Waals surface area contributed by atoms with Gasteiger partial charge in [-0.1, -0.05) is 24.3 Å². The zero-order valence-electron chi connectivity index (χ0n) is 14.6. The van der Waals surface area contributed by atoms with E-state index in [9.17, 15) is 0 Å². The maximum Gasteiger partial charge on any atom is 0.266 e. The van der Waals surface area contributed by atoms with Gasteiger partial charge in [-0.25, -0.2) is 4.98 Å². The lowest BCUT2D eigenvalue weighted by Crippen LogP contribution is -1.99. The SMILES string of the molecule is C=CCc1ccc(Oc2nc3ccccc3n3c(C)nnc23)c(OC)c1. The summed E-state index contributed by atoms with van der Waals surface area (Å²) in [5.41, 5.74) is 3.41. The largest absolute Gasteiger partial charge is 0.493 e. The van der Waals surface area contributed by atoms with Crippen molar-refractivity contribution in [1.82, 2.24) is 19.6 Å². The van der Waals surface area contributed by atoms with Gasteiger partial charge in [-0.15, -0.1) is 16.8 Å². The van der Waals surface area contributed by atoms with Crippen LogP contribution in [0, 0.1) is 6.92 Å². The van der Waals surface area contributed by atoms with E-state index in [1.807, 2.05) is 59.9 Å². The summed E-state index contributed by atoms with van der Waals surface area (Å²) < 4.78 is 13.5. The van der Waals surface area contributed by atoms with E-state index in [0.717, 1.165) is 28.8 Å². The third-order valence-corrected chi connectivity index (χ3v) is 4.18. The van der Waals surface area contributed by atoms with Crippen molar-refractivity contribution >= 4 is 16.7 Å². The van der Waals surface area contributed by atoms with Gasteiger partial charge in [-0.2, -0.15) is 0 Å². The summed E-state index contributed by atoms with van der Waals surface area (Å²) in [5, 5.41) is 8.42. The zero-order chi connectivity index (χ0) is 18.1. The number of methoxy groups -OCH3 is 1. The standard InChI is InChI=1S/C20H18N4O2/c1-4-7-14-10-11-17(18(12-14)25-3)26-20-19-23-22-13(2)24(19)16-9-6-5-8-15(16)21-20/h4-6,8-12H,1,7H2,2-3H3. The lowest BCUT2D eigenvalue weighted by molar-refractivity contribution is 0.375. The minimum absolute atomic E-state index is 0.388. The maximum atomic E-state index is 6.08. The number of hydrogen-bond donors (Lipinski definition) is 0. The Morgan fingerprint density at radius 2 is 1.96 bits per heavy atom. The van der Waals surface area contributed by atoms with Crippen molar-refractivity contribution in [2.24, 2.45) is 0 Å². The number of nitrogens with zero attached hydrogens (tertiary/aromatic N) is 4. The summed E-state index contributed by atoms with van der Waals surface area (Å²) in [6, 6.07) is 13.6. The smallest absolute Gasteiger partial charge is 0.266 e. The van der Waals surface area contributed by atoms with Crippen molar-refractivity contribution in [3.05, 3.63) is 66.5 Å². The first kappa shape index (κ1) is 16.1. The minimum atomic E-state index is 0.388. The number of ether oxygens (including phenoxy) is 2. The van der Waals surface area contributed by atoms with Crippen molar-refractivity contribution in [3.63, 3.8) is 0 Å². The summed E-state index contributed by atoms with van der Waals surface area (Å²) in [5.74, 6) is 2.37. The zero-order valence-corrected chi connectivity index (χ0v) is 14.6. The molecule has 4 aromatic rings. The van der Waals surface area contributed by atoms with Crippen LogP contribution in [-0.2, 0) is 6.42 Å². The summed E-state index contributed by atoms with van der Waals surface area (Å²) in [4.78, 5) is 4.63. The fourth-order valence-electron chi connectivity index (χ4n) is 2.96. The Bertz CT molecular complexity index is 1120. The molecule has 0 spiro atoms. The van der Waals surface area contributed by atoms with Crippen LogP contribution in [0.25, 0.3) is 16.7 Å². The summed E-state index contributed by atoms with van der Waals surface area (Å²) in [6.07, 6.45) is 2.61. The van der Waals surface area contributed by atoms with Crippen LogP contribution in [0.2, 0.25) is 0 Å². The molecule has 0 fully saturated rings. The van der Waals surface area contributed by atoms with Crippen LogP contribution in [0.15, 0.2) is 55.1 Å². The van der Waals surface area contributed by atoms with Crippen LogP contribution >= 0.6 is 0 Å². The highest BCUT2D eigenvalue weighted by Gasteiger charge is 2.16. The number of benzene rings is 2. The Hall–Kier alpha value is -3.41. The van der Waals surface area contributed by atoms with Gasteiger partial charge in [-0.05, 0) is 43.2 Å². The van der Waals surface area contributed by atoms with Gasteiger partial charge in [-0.3, -0.25) is 4.40 Å². The number of fused-ring (bicyclic) bond motifs is 3. The van der Waals surface area contributed by atoms with Crippen LogP contribution in [-0.4, -0.2) is 26.7 Å². The fraction of sp³-hybridized carbons (Fsp3) is 0.150. The summed E-state index contributed by atoms with van der Waals surface area (Å²) in [6.45, 7) is 5.67. The Balaban J connectivity index is 1.86. The molecule has 6 nitrogen and oxygen atoms in total. The van der Waals surface area contributed by atoms with Crippen LogP contribution < -0.4 is 9.47 Å². The molecule has 0 amide bonds. The second-order valence-electron chi connectivity index (χ2n) is 5.89. The van der Waals surface area contributed by atoms with Crippen molar-refractivity contribution in [2.75, 3.05) is 7.11 Å². The highest BCUT2D eigenvalue weighted by atomic mass is 16.5. The molecule has 0 radical (unpaired) electrons. The number of aromatic nitrogens is 4. The molecule has 0 atom stereocenters. The summed E-state index contributed by atoms with van der Waals surface area (Å²) in [7, 11) is 1.62. The molecule has 0 bridgehead atoms. The Morgan fingerprint density at radius 3 is 2.77 bits per heavy atom. The number of rotatable bonds is 5. The molecule has 0 saturated heterocycles. The fourth-order valence-corrected chi connectivity index (χ4v) is 2.96. The average Bonchev–Trinajstić information content (AvgIpc) is 3.05. The first-order valence-electron chi connectivity index (χ1n) is 8.27. The van der Waals surface area contributed by atoms with E-state index in [-0.39, 0.29) is 0 Å². The number of hydrogen-bond acceptors (Lipinski definition) is 5. The van der Waals surface area contributed by atoms with E-state index in [4.69, 9.17) is 9.47 Å². The van der Waals surface area contributed by atoms with Crippen molar-refractivity contribution in [2.45, 2.75) is 13.3 Å². The van der Waals surface area contributed by atoms with E-state index >= 15 is 0 Å². The molecule has 6 heteroatoms. The summed E-state index contributed by atoms with van der Waals surface area (Å²) >= 11 is 0. The first-order valence-corrected chi connectivity index (χ1v) is 8.27. The van der Waals surface area contributed by atoms with Gasteiger partial charge in [0.1, 0.15) is 5.82 Å². The molecule has 2 aromatic carbocycles. The molecule has 0 aliphatic rings. The van der Waals surface area contributed by atoms with Crippen molar-refractivity contribution in [3.8, 4) is 17.4 Å². The third kappa shape index (κ3) is 2.65. The van der Waals surface area contributed by atoms with Gasteiger partial charge in [0.25, 0.3) is 5.88 Å². The predicted molar refractivity (Wildman–Crippen MR) is 100.0 cm³/mol. The predicted octanol–water partition coefficient (Wildman–Crippen LogP) is 4.12. The van der Waals surface area contributed by atoms with Gasteiger partial charge in [0.05, 0.1) is 18.1 Å². The molecule has 2 heterocycles. The molecular weight excluding hydrogens is 328 g/mol. The molecule has 0 aliphatic carbocycles. The lowest BCUT2D eigenvalue weighted by Gasteiger charge is -2.12.